The molecule has 1 heterocycles. The summed E-state index contributed by atoms with van der Waals surface area (Å²) in [6, 6.07) is 19.4. The van der Waals surface area contributed by atoms with Crippen LogP contribution in [-0.2, 0) is 6.42 Å². The molecular formula is C15H16N2. The number of benzene rings is 2. The van der Waals surface area contributed by atoms with Crippen molar-refractivity contribution < 1.29 is 0 Å². The maximum atomic E-state index is 5.90. The van der Waals surface area contributed by atoms with Crippen LogP contribution in [0, 0.1) is 0 Å². The van der Waals surface area contributed by atoms with Gasteiger partial charge in [0.05, 0.1) is 6.04 Å². The smallest absolute Gasteiger partial charge is 0.0505 e. The van der Waals surface area contributed by atoms with Crippen LogP contribution in [-0.4, -0.2) is 12.6 Å². The van der Waals surface area contributed by atoms with Gasteiger partial charge in [-0.15, -0.1) is 0 Å². The molecule has 86 valence electrons. The Bertz CT molecular complexity index is 507. The highest BCUT2D eigenvalue weighted by molar-refractivity contribution is 5.71. The van der Waals surface area contributed by atoms with E-state index in [-0.39, 0.29) is 0 Å². The molecule has 2 aromatic carbocycles. The van der Waals surface area contributed by atoms with Crippen molar-refractivity contribution in [3.05, 3.63) is 60.2 Å². The summed E-state index contributed by atoms with van der Waals surface area (Å²) in [6.45, 7) is 0.684. The lowest BCUT2D eigenvalue weighted by Crippen LogP contribution is -2.34. The molecule has 0 fully saturated rings. The summed E-state index contributed by atoms with van der Waals surface area (Å²) < 4.78 is 0. The largest absolute Gasteiger partial charge is 0.337 e. The highest BCUT2D eigenvalue weighted by Crippen LogP contribution is 2.37. The van der Waals surface area contributed by atoms with E-state index in [9.17, 15) is 0 Å². The van der Waals surface area contributed by atoms with E-state index < -0.39 is 0 Å². The Kier molecular flexibility index (Phi) is 2.57. The van der Waals surface area contributed by atoms with Gasteiger partial charge in [0.15, 0.2) is 0 Å². The summed E-state index contributed by atoms with van der Waals surface area (Å²) in [7, 11) is 0. The summed E-state index contributed by atoms with van der Waals surface area (Å²) >= 11 is 0. The highest BCUT2D eigenvalue weighted by Gasteiger charge is 2.28. The lowest BCUT2D eigenvalue weighted by molar-refractivity contribution is 0.696. The molecule has 1 aliphatic rings. The fraction of sp³-hybridized carbons (Fsp3) is 0.200. The third kappa shape index (κ3) is 1.71. The van der Waals surface area contributed by atoms with Gasteiger partial charge in [-0.25, -0.2) is 0 Å². The van der Waals surface area contributed by atoms with Crippen molar-refractivity contribution in [2.45, 2.75) is 12.5 Å². The van der Waals surface area contributed by atoms with Gasteiger partial charge in [-0.1, -0.05) is 36.4 Å². The van der Waals surface area contributed by atoms with Gasteiger partial charge in [-0.3, -0.25) is 0 Å². The van der Waals surface area contributed by atoms with Crippen LogP contribution < -0.4 is 10.6 Å². The van der Waals surface area contributed by atoms with Gasteiger partial charge >= 0.3 is 0 Å². The normalized spacial score (nSPS) is 18.2. The summed E-state index contributed by atoms with van der Waals surface area (Å²) in [4.78, 5) is 2.36. The van der Waals surface area contributed by atoms with Crippen LogP contribution >= 0.6 is 0 Å². The minimum atomic E-state index is 0.384. The molecule has 0 saturated carbocycles. The topological polar surface area (TPSA) is 29.3 Å². The molecule has 0 unspecified atom stereocenters. The van der Waals surface area contributed by atoms with Gasteiger partial charge < -0.3 is 10.6 Å². The number of para-hydroxylation sites is 2. The number of hydrogen-bond donors (Lipinski definition) is 1. The minimum Gasteiger partial charge on any atom is -0.337 e. The first-order chi connectivity index (χ1) is 8.40. The predicted octanol–water partition coefficient (Wildman–Crippen LogP) is 2.71. The SMILES string of the molecule is NC[C@@H]1Cc2ccccc2N1c1ccccc1. The van der Waals surface area contributed by atoms with E-state index in [0.29, 0.717) is 12.6 Å². The molecule has 0 aromatic heterocycles. The average Bonchev–Trinajstić information content (AvgIpc) is 2.78. The van der Waals surface area contributed by atoms with Crippen LogP contribution in [0.15, 0.2) is 54.6 Å². The number of fused-ring (bicyclic) bond motifs is 1. The quantitative estimate of drug-likeness (QED) is 0.849. The van der Waals surface area contributed by atoms with Crippen LogP contribution in [0.25, 0.3) is 0 Å². The van der Waals surface area contributed by atoms with E-state index in [1.807, 2.05) is 6.07 Å². The third-order valence-corrected chi connectivity index (χ3v) is 3.38. The van der Waals surface area contributed by atoms with Gasteiger partial charge in [-0.2, -0.15) is 0 Å². The van der Waals surface area contributed by atoms with Crippen molar-refractivity contribution in [2.24, 2.45) is 5.73 Å². The van der Waals surface area contributed by atoms with Crippen molar-refractivity contribution in [3.8, 4) is 0 Å². The Morgan fingerprint density at radius 3 is 2.47 bits per heavy atom. The number of anilines is 2. The molecule has 2 N–H and O–H groups in total. The zero-order valence-electron chi connectivity index (χ0n) is 9.71. The molecular weight excluding hydrogens is 208 g/mol. The zero-order chi connectivity index (χ0) is 11.7. The molecule has 1 aliphatic heterocycles. The molecule has 2 aromatic rings. The lowest BCUT2D eigenvalue weighted by atomic mass is 10.1. The Balaban J connectivity index is 2.08. The summed E-state index contributed by atoms with van der Waals surface area (Å²) in [6.07, 6.45) is 1.04. The van der Waals surface area contributed by atoms with E-state index in [1.165, 1.54) is 16.9 Å². The second kappa shape index (κ2) is 4.22. The minimum absolute atomic E-state index is 0.384. The maximum Gasteiger partial charge on any atom is 0.0505 e. The molecule has 0 spiro atoms. The molecule has 0 amide bonds. The Hall–Kier alpha value is -1.80. The Labute approximate surface area is 102 Å². The van der Waals surface area contributed by atoms with E-state index in [2.05, 4.69) is 53.4 Å². The van der Waals surface area contributed by atoms with Gasteiger partial charge in [0.25, 0.3) is 0 Å². The van der Waals surface area contributed by atoms with Crippen molar-refractivity contribution >= 4 is 11.4 Å². The average molecular weight is 224 g/mol. The monoisotopic (exact) mass is 224 g/mol. The van der Waals surface area contributed by atoms with Gasteiger partial charge in [-0.05, 0) is 30.2 Å². The fourth-order valence-corrected chi connectivity index (χ4v) is 2.59. The van der Waals surface area contributed by atoms with Crippen LogP contribution in [0.5, 0.6) is 0 Å². The molecule has 0 aliphatic carbocycles. The Morgan fingerprint density at radius 2 is 1.71 bits per heavy atom. The predicted molar refractivity (Wildman–Crippen MR) is 71.6 cm³/mol. The number of hydrogen-bond acceptors (Lipinski definition) is 2. The number of nitrogens with two attached hydrogens (primary N) is 1. The van der Waals surface area contributed by atoms with Crippen LogP contribution in [0.1, 0.15) is 5.56 Å². The molecule has 3 rings (SSSR count). The lowest BCUT2D eigenvalue weighted by Gasteiger charge is -2.26. The Morgan fingerprint density at radius 1 is 1.00 bits per heavy atom. The first kappa shape index (κ1) is 10.4. The van der Waals surface area contributed by atoms with E-state index in [4.69, 9.17) is 5.73 Å². The molecule has 0 bridgehead atoms. The van der Waals surface area contributed by atoms with Crippen molar-refractivity contribution in [2.75, 3.05) is 11.4 Å². The number of rotatable bonds is 2. The molecule has 17 heavy (non-hydrogen) atoms. The second-order valence-corrected chi connectivity index (χ2v) is 4.43. The zero-order valence-corrected chi connectivity index (χ0v) is 9.71. The van der Waals surface area contributed by atoms with E-state index in [0.717, 1.165) is 6.42 Å². The molecule has 0 radical (unpaired) electrons. The molecule has 2 heteroatoms. The highest BCUT2D eigenvalue weighted by atomic mass is 15.2. The molecule has 1 atom stereocenters. The third-order valence-electron chi connectivity index (χ3n) is 3.38. The van der Waals surface area contributed by atoms with Crippen molar-refractivity contribution in [3.63, 3.8) is 0 Å². The number of nitrogens with zero attached hydrogens (tertiary/aromatic N) is 1. The van der Waals surface area contributed by atoms with E-state index >= 15 is 0 Å². The van der Waals surface area contributed by atoms with Gasteiger partial charge in [0.2, 0.25) is 0 Å². The van der Waals surface area contributed by atoms with Gasteiger partial charge in [0.1, 0.15) is 0 Å². The van der Waals surface area contributed by atoms with Gasteiger partial charge in [0, 0.05) is 17.9 Å². The second-order valence-electron chi connectivity index (χ2n) is 4.43. The maximum absolute atomic E-state index is 5.90. The van der Waals surface area contributed by atoms with Crippen molar-refractivity contribution in [1.29, 1.82) is 0 Å². The molecule has 2 nitrogen and oxygen atoms in total. The summed E-state index contributed by atoms with van der Waals surface area (Å²) in [5.74, 6) is 0. The van der Waals surface area contributed by atoms with Crippen LogP contribution in [0.4, 0.5) is 11.4 Å². The first-order valence-electron chi connectivity index (χ1n) is 6.02. The van der Waals surface area contributed by atoms with E-state index in [1.54, 1.807) is 0 Å². The first-order valence-corrected chi connectivity index (χ1v) is 6.02. The van der Waals surface area contributed by atoms with Crippen molar-refractivity contribution in [1.82, 2.24) is 0 Å². The molecule has 0 saturated heterocycles. The standard InChI is InChI=1S/C15H16N2/c16-11-14-10-12-6-4-5-9-15(12)17(14)13-7-2-1-3-8-13/h1-9,14H,10-11,16H2/t14-/m0/s1. The summed E-state index contributed by atoms with van der Waals surface area (Å²) in [5, 5.41) is 0. The fourth-order valence-electron chi connectivity index (χ4n) is 2.59. The van der Waals surface area contributed by atoms with Crippen LogP contribution in [0.3, 0.4) is 0 Å². The van der Waals surface area contributed by atoms with Crippen LogP contribution in [0.2, 0.25) is 0 Å². The summed E-state index contributed by atoms with van der Waals surface area (Å²) in [5.41, 5.74) is 9.82.